The Morgan fingerprint density at radius 3 is 2.37 bits per heavy atom. The number of halogens is 2. The van der Waals surface area contributed by atoms with Crippen LogP contribution >= 0.6 is 0 Å². The Hall–Kier alpha value is -3.02. The normalized spacial score (nSPS) is 19.1. The number of anilines is 1. The minimum atomic E-state index is -1.02. The average Bonchev–Trinajstić information content (AvgIpc) is 2.73. The van der Waals surface area contributed by atoms with Crippen molar-refractivity contribution in [1.29, 1.82) is 0 Å². The van der Waals surface area contributed by atoms with Crippen molar-refractivity contribution in [2.75, 3.05) is 5.32 Å². The van der Waals surface area contributed by atoms with Crippen molar-refractivity contribution in [1.82, 2.24) is 4.98 Å². The minimum absolute atomic E-state index is 0.0943. The van der Waals surface area contributed by atoms with E-state index >= 15 is 0 Å². The van der Waals surface area contributed by atoms with Gasteiger partial charge in [0, 0.05) is 17.6 Å². The first-order chi connectivity index (χ1) is 14.3. The molecule has 1 saturated carbocycles. The fourth-order valence-electron chi connectivity index (χ4n) is 4.14. The molecule has 0 radical (unpaired) electrons. The Labute approximate surface area is 174 Å². The number of fused-ring (bicyclic) bond motifs is 1. The predicted octanol–water partition coefficient (Wildman–Crippen LogP) is 6.08. The molecule has 30 heavy (non-hydrogen) atoms. The molecule has 0 spiro atoms. The lowest BCUT2D eigenvalue weighted by Gasteiger charge is -2.29. The zero-order valence-corrected chi connectivity index (χ0v) is 17.0. The van der Waals surface area contributed by atoms with Crippen LogP contribution in [-0.4, -0.2) is 21.9 Å². The van der Waals surface area contributed by atoms with Crippen LogP contribution in [0.4, 0.5) is 14.5 Å². The van der Waals surface area contributed by atoms with E-state index in [2.05, 4.69) is 17.2 Å². The van der Waals surface area contributed by atoms with Crippen LogP contribution in [0.3, 0.4) is 0 Å². The molecule has 4 nitrogen and oxygen atoms in total. The molecule has 4 rings (SSSR count). The van der Waals surface area contributed by atoms with Crippen molar-refractivity contribution in [2.45, 2.75) is 45.6 Å². The highest BCUT2D eigenvalue weighted by Crippen LogP contribution is 2.35. The van der Waals surface area contributed by atoms with Gasteiger partial charge >= 0.3 is 0 Å². The summed E-state index contributed by atoms with van der Waals surface area (Å²) < 4.78 is 27.7. The fraction of sp³-hybridized carbons (Fsp3) is 0.333. The third kappa shape index (κ3) is 3.86. The number of Topliss-reactive ketones (excluding diaryl/α,β-unsaturated/α-hetero) is 1. The third-order valence-electron chi connectivity index (χ3n) is 5.96. The number of rotatable bonds is 4. The van der Waals surface area contributed by atoms with Gasteiger partial charge in [0.05, 0.1) is 16.8 Å². The van der Waals surface area contributed by atoms with Gasteiger partial charge in [-0.25, -0.2) is 8.78 Å². The Morgan fingerprint density at radius 1 is 1.07 bits per heavy atom. The summed E-state index contributed by atoms with van der Waals surface area (Å²) in [5.74, 6) is -2.42. The number of benzene rings is 2. The van der Waals surface area contributed by atoms with E-state index in [1.807, 2.05) is 0 Å². The Morgan fingerprint density at radius 2 is 1.73 bits per heavy atom. The molecule has 0 saturated heterocycles. The van der Waals surface area contributed by atoms with Crippen LogP contribution < -0.4 is 5.32 Å². The highest BCUT2D eigenvalue weighted by Gasteiger charge is 2.21. The van der Waals surface area contributed by atoms with E-state index in [-0.39, 0.29) is 11.8 Å². The topological polar surface area (TPSA) is 62.2 Å². The first-order valence-corrected chi connectivity index (χ1v) is 10.2. The molecule has 1 fully saturated rings. The van der Waals surface area contributed by atoms with Gasteiger partial charge in [0.2, 0.25) is 0 Å². The molecule has 1 aliphatic carbocycles. The first-order valence-electron chi connectivity index (χ1n) is 10.2. The molecule has 0 aliphatic heterocycles. The van der Waals surface area contributed by atoms with Crippen molar-refractivity contribution < 1.29 is 18.7 Å². The quantitative estimate of drug-likeness (QED) is 0.512. The summed E-state index contributed by atoms with van der Waals surface area (Å²) in [6, 6.07) is 7.73. The fourth-order valence-corrected chi connectivity index (χ4v) is 4.14. The number of ketones is 1. The largest absolute Gasteiger partial charge is 0.503 e. The summed E-state index contributed by atoms with van der Waals surface area (Å²) in [7, 11) is 0. The van der Waals surface area contributed by atoms with Gasteiger partial charge in [0.15, 0.2) is 23.2 Å². The molecule has 0 amide bonds. The van der Waals surface area contributed by atoms with Gasteiger partial charge in [-0.05, 0) is 73.9 Å². The molecule has 2 N–H and O–H groups in total. The number of carbonyl (C=O) groups excluding carboxylic acids is 1. The van der Waals surface area contributed by atoms with Crippen LogP contribution in [0.5, 0.6) is 5.75 Å². The number of pyridine rings is 1. The first kappa shape index (κ1) is 20.3. The van der Waals surface area contributed by atoms with Gasteiger partial charge in [-0.2, -0.15) is 0 Å². The summed E-state index contributed by atoms with van der Waals surface area (Å²) >= 11 is 0. The molecule has 1 aromatic heterocycles. The van der Waals surface area contributed by atoms with Crippen LogP contribution in [0, 0.1) is 17.6 Å². The summed E-state index contributed by atoms with van der Waals surface area (Å²) in [6.07, 6.45) is 5.89. The molecule has 6 heteroatoms. The second-order valence-corrected chi connectivity index (χ2v) is 8.22. The summed E-state index contributed by atoms with van der Waals surface area (Å²) in [5.41, 5.74) is 2.78. The summed E-state index contributed by atoms with van der Waals surface area (Å²) in [5, 5.41) is 13.7. The van der Waals surface area contributed by atoms with Crippen molar-refractivity contribution in [3.8, 4) is 16.9 Å². The molecular weight excluding hydrogens is 386 g/mol. The molecule has 1 aliphatic rings. The maximum Gasteiger partial charge on any atom is 0.187 e. The van der Waals surface area contributed by atoms with Crippen LogP contribution in [0.15, 0.2) is 36.5 Å². The lowest BCUT2D eigenvalue weighted by atomic mass is 9.87. The number of hydrogen-bond acceptors (Lipinski definition) is 4. The number of phenols is 1. The highest BCUT2D eigenvalue weighted by molar-refractivity contribution is 6.07. The van der Waals surface area contributed by atoms with Gasteiger partial charge in [0.25, 0.3) is 0 Å². The van der Waals surface area contributed by atoms with Crippen molar-refractivity contribution in [2.24, 2.45) is 5.92 Å². The van der Waals surface area contributed by atoms with Gasteiger partial charge < -0.3 is 10.4 Å². The van der Waals surface area contributed by atoms with Gasteiger partial charge in [-0.1, -0.05) is 13.0 Å². The van der Waals surface area contributed by atoms with E-state index < -0.39 is 17.4 Å². The summed E-state index contributed by atoms with van der Waals surface area (Å²) in [4.78, 5) is 16.7. The maximum absolute atomic E-state index is 13.9. The molecule has 0 bridgehead atoms. The lowest BCUT2D eigenvalue weighted by Crippen LogP contribution is -2.26. The number of hydrogen-bond donors (Lipinski definition) is 2. The summed E-state index contributed by atoms with van der Waals surface area (Å²) in [6.45, 7) is 3.76. The number of carbonyl (C=O) groups is 1. The molecule has 0 atom stereocenters. The zero-order chi connectivity index (χ0) is 21.4. The zero-order valence-electron chi connectivity index (χ0n) is 17.0. The standard InChI is InChI=1S/C24H24F2N2O2/c1-13-3-6-17(7-4-13)28-23-18-9-15(16-10-20(25)24(30)21(26)11-16)5-8-22(18)27-12-19(23)14(2)29/h5,8-13,17,30H,3-4,6-7H2,1-2H3,(H,27,28). The Balaban J connectivity index is 1.82. The molecular formula is C24H24F2N2O2. The molecule has 156 valence electrons. The monoisotopic (exact) mass is 410 g/mol. The molecule has 0 unspecified atom stereocenters. The van der Waals surface area contributed by atoms with Gasteiger partial charge in [0.1, 0.15) is 0 Å². The van der Waals surface area contributed by atoms with E-state index in [1.165, 1.54) is 6.92 Å². The highest BCUT2D eigenvalue weighted by atomic mass is 19.1. The number of aromatic nitrogens is 1. The molecule has 3 aromatic rings. The van der Waals surface area contributed by atoms with Crippen molar-refractivity contribution >= 4 is 22.4 Å². The maximum atomic E-state index is 13.9. The van der Waals surface area contributed by atoms with Crippen molar-refractivity contribution in [3.05, 3.63) is 53.7 Å². The second-order valence-electron chi connectivity index (χ2n) is 8.22. The van der Waals surface area contributed by atoms with Crippen LogP contribution in [0.1, 0.15) is 49.9 Å². The van der Waals surface area contributed by atoms with E-state index in [0.717, 1.165) is 43.2 Å². The molecule has 2 aromatic carbocycles. The number of nitrogens with zero attached hydrogens (tertiary/aromatic N) is 1. The van der Waals surface area contributed by atoms with E-state index in [4.69, 9.17) is 0 Å². The van der Waals surface area contributed by atoms with Crippen LogP contribution in [0.2, 0.25) is 0 Å². The van der Waals surface area contributed by atoms with Crippen LogP contribution in [0.25, 0.3) is 22.0 Å². The van der Waals surface area contributed by atoms with Gasteiger partial charge in [-0.15, -0.1) is 0 Å². The van der Waals surface area contributed by atoms with Crippen molar-refractivity contribution in [3.63, 3.8) is 0 Å². The number of phenolic OH excluding ortho intramolecular Hbond substituents is 1. The van der Waals surface area contributed by atoms with Crippen LogP contribution in [-0.2, 0) is 0 Å². The van der Waals surface area contributed by atoms with Gasteiger partial charge in [-0.3, -0.25) is 9.78 Å². The van der Waals surface area contributed by atoms with E-state index in [0.29, 0.717) is 33.8 Å². The minimum Gasteiger partial charge on any atom is -0.503 e. The smallest absolute Gasteiger partial charge is 0.187 e. The lowest BCUT2D eigenvalue weighted by molar-refractivity contribution is 0.101. The Kier molecular flexibility index (Phi) is 5.41. The second kappa shape index (κ2) is 8.01. The number of nitrogens with one attached hydrogen (secondary N) is 1. The average molecular weight is 410 g/mol. The predicted molar refractivity (Wildman–Crippen MR) is 114 cm³/mol. The van der Waals surface area contributed by atoms with E-state index in [1.54, 1.807) is 24.4 Å². The van der Waals surface area contributed by atoms with E-state index in [9.17, 15) is 18.7 Å². The third-order valence-corrected chi connectivity index (χ3v) is 5.96. The number of aromatic hydroxyl groups is 1. The Bertz CT molecular complexity index is 1100. The SMILES string of the molecule is CC(=O)c1cnc2ccc(-c3cc(F)c(O)c(F)c3)cc2c1NC1CCC(C)CC1. The molecule has 1 heterocycles.